The van der Waals surface area contributed by atoms with E-state index in [4.69, 9.17) is 9.47 Å². The van der Waals surface area contributed by atoms with Crippen LogP contribution in [0.2, 0.25) is 0 Å². The minimum absolute atomic E-state index is 0.0184. The number of hydrogen-bond acceptors (Lipinski definition) is 5. The Kier molecular flexibility index (Phi) is 12.4. The first-order chi connectivity index (χ1) is 21.2. The molecule has 0 radical (unpaired) electrons. The van der Waals surface area contributed by atoms with Gasteiger partial charge in [-0.3, -0.25) is 9.59 Å². The summed E-state index contributed by atoms with van der Waals surface area (Å²) in [6.07, 6.45) is 3.49. The van der Waals surface area contributed by atoms with Crippen molar-refractivity contribution < 1.29 is 28.2 Å². The summed E-state index contributed by atoms with van der Waals surface area (Å²) in [5, 5.41) is 2.89. The Morgan fingerprint density at radius 3 is 2.27 bits per heavy atom. The van der Waals surface area contributed by atoms with Crippen LogP contribution in [-0.2, 0) is 30.0 Å². The highest BCUT2D eigenvalue weighted by Crippen LogP contribution is 2.39. The van der Waals surface area contributed by atoms with E-state index in [-0.39, 0.29) is 42.2 Å². The van der Waals surface area contributed by atoms with Crippen molar-refractivity contribution in [1.29, 1.82) is 0 Å². The normalized spacial score (nSPS) is 15.7. The quantitative estimate of drug-likeness (QED) is 0.166. The van der Waals surface area contributed by atoms with Crippen molar-refractivity contribution in [2.75, 3.05) is 26.3 Å². The predicted octanol–water partition coefficient (Wildman–Crippen LogP) is 7.33. The fourth-order valence-electron chi connectivity index (χ4n) is 5.49. The van der Waals surface area contributed by atoms with E-state index in [0.29, 0.717) is 36.4 Å². The van der Waals surface area contributed by atoms with Crippen molar-refractivity contribution in [2.45, 2.75) is 104 Å². The first-order valence-corrected chi connectivity index (χ1v) is 16.2. The predicted molar refractivity (Wildman–Crippen MR) is 176 cm³/mol. The molecule has 7 nitrogen and oxygen atoms in total. The van der Waals surface area contributed by atoms with E-state index in [1.165, 1.54) is 28.2 Å². The van der Waals surface area contributed by atoms with Gasteiger partial charge >= 0.3 is 5.97 Å². The van der Waals surface area contributed by atoms with Crippen LogP contribution in [0.25, 0.3) is 0 Å². The first-order valence-electron chi connectivity index (χ1n) is 16.2. The zero-order valence-corrected chi connectivity index (χ0v) is 28.3. The van der Waals surface area contributed by atoms with Gasteiger partial charge in [0.1, 0.15) is 18.1 Å². The highest BCUT2D eigenvalue weighted by molar-refractivity contribution is 5.97. The Balaban J connectivity index is 1.59. The number of unbranched alkanes of at least 4 members (excludes halogenated alkanes) is 1. The van der Waals surface area contributed by atoms with Gasteiger partial charge in [-0.15, -0.1) is 0 Å². The third-order valence-corrected chi connectivity index (χ3v) is 9.30. The number of carbonyl (C=O) groups is 3. The Morgan fingerprint density at radius 1 is 0.978 bits per heavy atom. The maximum Gasteiger partial charge on any atom is 0.336 e. The summed E-state index contributed by atoms with van der Waals surface area (Å²) in [6, 6.07) is 12.3. The molecule has 1 heterocycles. The van der Waals surface area contributed by atoms with Gasteiger partial charge in [-0.05, 0) is 79.7 Å². The molecule has 1 N–H and O–H groups in total. The third kappa shape index (κ3) is 8.95. The van der Waals surface area contributed by atoms with Gasteiger partial charge < -0.3 is 19.7 Å². The van der Waals surface area contributed by atoms with Crippen LogP contribution in [0.15, 0.2) is 53.7 Å². The number of nitrogens with zero attached hydrogens (tertiary/aromatic N) is 1. The second-order valence-electron chi connectivity index (χ2n) is 13.1. The number of benzene rings is 2. The first kappa shape index (κ1) is 35.8. The molecule has 0 saturated carbocycles. The molecule has 0 bridgehead atoms. The molecule has 3 rings (SSSR count). The monoisotopic (exact) mass is 622 g/mol. The van der Waals surface area contributed by atoms with E-state index < -0.39 is 17.7 Å². The van der Waals surface area contributed by atoms with E-state index in [0.717, 1.165) is 25.0 Å². The van der Waals surface area contributed by atoms with E-state index in [1.54, 1.807) is 26.0 Å². The van der Waals surface area contributed by atoms with Gasteiger partial charge in [0.05, 0.1) is 18.8 Å². The molecular formula is C37H51FN2O5. The fourth-order valence-corrected chi connectivity index (χ4v) is 5.49. The van der Waals surface area contributed by atoms with Crippen molar-refractivity contribution in [2.24, 2.45) is 0 Å². The maximum atomic E-state index is 13.5. The van der Waals surface area contributed by atoms with Crippen molar-refractivity contribution in [1.82, 2.24) is 10.2 Å². The van der Waals surface area contributed by atoms with E-state index >= 15 is 0 Å². The lowest BCUT2D eigenvalue weighted by Crippen LogP contribution is -2.44. The van der Waals surface area contributed by atoms with Crippen LogP contribution >= 0.6 is 0 Å². The van der Waals surface area contributed by atoms with E-state index in [9.17, 15) is 18.8 Å². The largest absolute Gasteiger partial charge is 0.493 e. The molecule has 0 aliphatic carbocycles. The summed E-state index contributed by atoms with van der Waals surface area (Å²) in [7, 11) is 0. The molecule has 0 spiro atoms. The number of carbonyl (C=O) groups excluding carboxylic acids is 3. The molecule has 2 amide bonds. The Morgan fingerprint density at radius 2 is 1.64 bits per heavy atom. The molecule has 0 aromatic heterocycles. The third-order valence-electron chi connectivity index (χ3n) is 9.30. The smallest absolute Gasteiger partial charge is 0.336 e. The second kappa shape index (κ2) is 15.5. The molecule has 8 heteroatoms. The lowest BCUT2D eigenvalue weighted by atomic mass is 9.76. The van der Waals surface area contributed by atoms with Gasteiger partial charge in [-0.1, -0.05) is 65.8 Å². The summed E-state index contributed by atoms with van der Waals surface area (Å²) in [5.41, 5.74) is 3.93. The van der Waals surface area contributed by atoms with Gasteiger partial charge in [-0.25, -0.2) is 9.18 Å². The van der Waals surface area contributed by atoms with Crippen LogP contribution in [0.4, 0.5) is 4.39 Å². The molecule has 1 aliphatic heterocycles. The van der Waals surface area contributed by atoms with Gasteiger partial charge in [0.2, 0.25) is 11.8 Å². The van der Waals surface area contributed by atoms with Crippen molar-refractivity contribution >= 4 is 17.8 Å². The van der Waals surface area contributed by atoms with E-state index in [1.807, 2.05) is 0 Å². The Bertz CT molecular complexity index is 1380. The van der Waals surface area contributed by atoms with Crippen LogP contribution in [0.1, 0.15) is 110 Å². The van der Waals surface area contributed by atoms with Crippen molar-refractivity contribution in [3.63, 3.8) is 0 Å². The minimum Gasteiger partial charge on any atom is -0.493 e. The Labute approximate surface area is 268 Å². The second-order valence-corrected chi connectivity index (χ2v) is 13.1. The number of nitrogens with one attached hydrogen (secondary N) is 1. The number of allylic oxidation sites excluding steroid dienone is 1. The number of halogens is 1. The topological polar surface area (TPSA) is 84.9 Å². The minimum atomic E-state index is -0.575. The number of hydrogen-bond donors (Lipinski definition) is 1. The highest BCUT2D eigenvalue weighted by Gasteiger charge is 2.37. The lowest BCUT2D eigenvalue weighted by Gasteiger charge is -2.34. The molecule has 0 fully saturated rings. The fraction of sp³-hybridized carbons (Fsp3) is 0.541. The molecule has 2 aromatic rings. The molecule has 45 heavy (non-hydrogen) atoms. The number of ether oxygens (including phenoxy) is 2. The van der Waals surface area contributed by atoms with Gasteiger partial charge in [-0.2, -0.15) is 0 Å². The van der Waals surface area contributed by atoms with E-state index in [2.05, 4.69) is 65.1 Å². The molecule has 1 aliphatic rings. The summed E-state index contributed by atoms with van der Waals surface area (Å²) >= 11 is 0. The van der Waals surface area contributed by atoms with Crippen LogP contribution in [0, 0.1) is 5.82 Å². The zero-order chi connectivity index (χ0) is 33.4. The SMILES string of the molecule is CCOC(=O)C1=C(C)N(CC(=O)NCCCCOc2ccc(C(C)(C)CC)cc2C(C)(C)CC)C(=O)CC1c1ccc(F)cc1. The van der Waals surface area contributed by atoms with Crippen LogP contribution < -0.4 is 10.1 Å². The number of amides is 2. The molecule has 1 unspecified atom stereocenters. The molecular weight excluding hydrogens is 571 g/mol. The van der Waals surface area contributed by atoms with Crippen LogP contribution in [0.5, 0.6) is 5.75 Å². The average Bonchev–Trinajstić information content (AvgIpc) is 3.01. The van der Waals surface area contributed by atoms with Crippen LogP contribution in [-0.4, -0.2) is 49.0 Å². The summed E-state index contributed by atoms with van der Waals surface area (Å²) < 4.78 is 25.1. The van der Waals surface area contributed by atoms with Crippen LogP contribution in [0.3, 0.4) is 0 Å². The standard InChI is InChI=1S/C37H51FN2O5/c1-9-36(5,6)27-16-19-31(30(22-27)37(7,8)10-2)45-21-13-12-20-39-32(41)24-40-25(4)34(35(43)44-11-3)29(23-33(40)42)26-14-17-28(38)18-15-26/h14-19,22,29H,9-13,20-21,23-24H2,1-8H3,(H,39,41). The summed E-state index contributed by atoms with van der Waals surface area (Å²) in [5.74, 6) is -1.21. The van der Waals surface area contributed by atoms with Gasteiger partial charge in [0, 0.05) is 30.1 Å². The maximum absolute atomic E-state index is 13.5. The lowest BCUT2D eigenvalue weighted by molar-refractivity contribution is -0.141. The molecule has 246 valence electrons. The summed E-state index contributed by atoms with van der Waals surface area (Å²) in [4.78, 5) is 40.3. The highest BCUT2D eigenvalue weighted by atomic mass is 19.1. The number of rotatable bonds is 15. The zero-order valence-electron chi connectivity index (χ0n) is 28.3. The van der Waals surface area contributed by atoms with Gasteiger partial charge in [0.25, 0.3) is 0 Å². The Hall–Kier alpha value is -3.68. The van der Waals surface area contributed by atoms with Crippen molar-refractivity contribution in [3.05, 3.63) is 76.2 Å². The van der Waals surface area contributed by atoms with Gasteiger partial charge in [0.15, 0.2) is 0 Å². The average molecular weight is 623 g/mol. The summed E-state index contributed by atoms with van der Waals surface area (Å²) in [6.45, 7) is 17.7. The van der Waals surface area contributed by atoms with Crippen molar-refractivity contribution in [3.8, 4) is 5.75 Å². The molecule has 2 aromatic carbocycles. The molecule has 0 saturated heterocycles. The number of esters is 1. The molecule has 1 atom stereocenters.